The highest BCUT2D eigenvalue weighted by molar-refractivity contribution is 5.82. The van der Waals surface area contributed by atoms with Gasteiger partial charge in [-0.25, -0.2) is 0 Å². The quantitative estimate of drug-likeness (QED) is 0.735. The minimum absolute atomic E-state index is 0.0111. The average molecular weight is 282 g/mol. The first-order valence-corrected chi connectivity index (χ1v) is 7.18. The van der Waals surface area contributed by atoms with Crippen molar-refractivity contribution in [2.45, 2.75) is 26.7 Å². The molecule has 0 bridgehead atoms. The molecule has 2 amide bonds. The van der Waals surface area contributed by atoms with Crippen molar-refractivity contribution in [3.63, 3.8) is 0 Å². The molecular formula is C14H22N2O4. The van der Waals surface area contributed by atoms with Crippen LogP contribution < -0.4 is 5.32 Å². The Hall–Kier alpha value is -1.59. The van der Waals surface area contributed by atoms with Crippen LogP contribution >= 0.6 is 0 Å². The molecule has 6 heteroatoms. The minimum atomic E-state index is -0.812. The smallest absolute Gasteiger partial charge is 0.306 e. The zero-order valence-electron chi connectivity index (χ0n) is 12.0. The van der Waals surface area contributed by atoms with E-state index in [0.717, 1.165) is 6.42 Å². The molecule has 20 heavy (non-hydrogen) atoms. The van der Waals surface area contributed by atoms with Gasteiger partial charge in [0.1, 0.15) is 0 Å². The maximum Gasteiger partial charge on any atom is 0.306 e. The van der Waals surface area contributed by atoms with E-state index in [-0.39, 0.29) is 23.7 Å². The van der Waals surface area contributed by atoms with Gasteiger partial charge in [0.15, 0.2) is 0 Å². The SMILES string of the molecule is CC1CC1C(=O)NCCC(=O)N1CC(C(C)C(=O)O)C1. The molecule has 1 aliphatic carbocycles. The van der Waals surface area contributed by atoms with Crippen molar-refractivity contribution in [3.05, 3.63) is 0 Å². The maximum atomic E-state index is 11.8. The molecule has 6 nitrogen and oxygen atoms in total. The molecule has 0 aromatic heterocycles. The van der Waals surface area contributed by atoms with Crippen molar-refractivity contribution in [2.75, 3.05) is 19.6 Å². The summed E-state index contributed by atoms with van der Waals surface area (Å²) in [6.45, 7) is 5.11. The van der Waals surface area contributed by atoms with Crippen LogP contribution in [0.15, 0.2) is 0 Å². The molecule has 3 unspecified atom stereocenters. The number of nitrogens with one attached hydrogen (secondary N) is 1. The number of nitrogens with zero attached hydrogens (tertiary/aromatic N) is 1. The highest BCUT2D eigenvalue weighted by atomic mass is 16.4. The Labute approximate surface area is 118 Å². The molecule has 2 aliphatic rings. The van der Waals surface area contributed by atoms with Crippen LogP contribution in [-0.2, 0) is 14.4 Å². The number of hydrogen-bond donors (Lipinski definition) is 2. The molecular weight excluding hydrogens is 260 g/mol. The van der Waals surface area contributed by atoms with Crippen LogP contribution in [0.4, 0.5) is 0 Å². The van der Waals surface area contributed by atoms with Crippen LogP contribution in [0, 0.1) is 23.7 Å². The van der Waals surface area contributed by atoms with E-state index in [2.05, 4.69) is 5.32 Å². The number of carboxylic acid groups (broad SMARTS) is 1. The number of amides is 2. The van der Waals surface area contributed by atoms with E-state index in [1.54, 1.807) is 11.8 Å². The second kappa shape index (κ2) is 5.81. The Balaban J connectivity index is 1.60. The minimum Gasteiger partial charge on any atom is -0.481 e. The lowest BCUT2D eigenvalue weighted by molar-refractivity contribution is -0.150. The summed E-state index contributed by atoms with van der Waals surface area (Å²) in [5, 5.41) is 11.7. The Morgan fingerprint density at radius 3 is 2.45 bits per heavy atom. The Kier molecular flexibility index (Phi) is 4.30. The molecule has 2 N–H and O–H groups in total. The third-order valence-electron chi connectivity index (χ3n) is 4.44. The van der Waals surface area contributed by atoms with Crippen molar-refractivity contribution in [1.82, 2.24) is 10.2 Å². The van der Waals surface area contributed by atoms with Gasteiger partial charge in [0, 0.05) is 37.9 Å². The molecule has 2 fully saturated rings. The van der Waals surface area contributed by atoms with Gasteiger partial charge in [-0.1, -0.05) is 13.8 Å². The van der Waals surface area contributed by atoms with Gasteiger partial charge in [-0.15, -0.1) is 0 Å². The fourth-order valence-electron chi connectivity index (χ4n) is 2.50. The van der Waals surface area contributed by atoms with E-state index in [4.69, 9.17) is 5.11 Å². The molecule has 0 spiro atoms. The summed E-state index contributed by atoms with van der Waals surface area (Å²) < 4.78 is 0. The van der Waals surface area contributed by atoms with Gasteiger partial charge in [-0.3, -0.25) is 14.4 Å². The number of carbonyl (C=O) groups excluding carboxylic acids is 2. The summed E-state index contributed by atoms with van der Waals surface area (Å²) in [6.07, 6.45) is 1.24. The van der Waals surface area contributed by atoms with Crippen LogP contribution in [0.5, 0.6) is 0 Å². The molecule has 1 aliphatic heterocycles. The zero-order chi connectivity index (χ0) is 14.9. The maximum absolute atomic E-state index is 11.8. The highest BCUT2D eigenvalue weighted by Crippen LogP contribution is 2.37. The first-order chi connectivity index (χ1) is 9.40. The molecule has 1 saturated carbocycles. The summed E-state index contributed by atoms with van der Waals surface area (Å²) >= 11 is 0. The monoisotopic (exact) mass is 282 g/mol. The van der Waals surface area contributed by atoms with Crippen molar-refractivity contribution < 1.29 is 19.5 Å². The fourth-order valence-corrected chi connectivity index (χ4v) is 2.50. The number of hydrogen-bond acceptors (Lipinski definition) is 3. The lowest BCUT2D eigenvalue weighted by atomic mass is 9.87. The van der Waals surface area contributed by atoms with E-state index in [9.17, 15) is 14.4 Å². The van der Waals surface area contributed by atoms with Crippen LogP contribution in [0.2, 0.25) is 0 Å². The Morgan fingerprint density at radius 1 is 1.35 bits per heavy atom. The summed E-state index contributed by atoms with van der Waals surface area (Å²) in [4.78, 5) is 35.9. The van der Waals surface area contributed by atoms with E-state index in [0.29, 0.717) is 32.0 Å². The topological polar surface area (TPSA) is 86.7 Å². The second-order valence-electron chi connectivity index (χ2n) is 6.05. The van der Waals surface area contributed by atoms with Gasteiger partial charge in [0.05, 0.1) is 5.92 Å². The van der Waals surface area contributed by atoms with Gasteiger partial charge in [-0.2, -0.15) is 0 Å². The second-order valence-corrected chi connectivity index (χ2v) is 6.05. The Bertz CT molecular complexity index is 417. The van der Waals surface area contributed by atoms with Crippen LogP contribution in [0.25, 0.3) is 0 Å². The third-order valence-corrected chi connectivity index (χ3v) is 4.44. The van der Waals surface area contributed by atoms with E-state index in [1.807, 2.05) is 6.92 Å². The van der Waals surface area contributed by atoms with Gasteiger partial charge in [-0.05, 0) is 12.3 Å². The molecule has 1 saturated heterocycles. The lowest BCUT2D eigenvalue weighted by Gasteiger charge is -2.41. The van der Waals surface area contributed by atoms with Gasteiger partial charge < -0.3 is 15.3 Å². The van der Waals surface area contributed by atoms with Crippen molar-refractivity contribution in [2.24, 2.45) is 23.7 Å². The van der Waals surface area contributed by atoms with Crippen molar-refractivity contribution >= 4 is 17.8 Å². The normalized spacial score (nSPS) is 26.6. The summed E-state index contributed by atoms with van der Waals surface area (Å²) in [5.74, 6) is -0.523. The van der Waals surface area contributed by atoms with E-state index >= 15 is 0 Å². The molecule has 0 aromatic carbocycles. The van der Waals surface area contributed by atoms with Crippen molar-refractivity contribution in [3.8, 4) is 0 Å². The van der Waals surface area contributed by atoms with Crippen molar-refractivity contribution in [1.29, 1.82) is 0 Å². The van der Waals surface area contributed by atoms with Gasteiger partial charge >= 0.3 is 5.97 Å². The number of likely N-dealkylation sites (tertiary alicyclic amines) is 1. The van der Waals surface area contributed by atoms with Gasteiger partial charge in [0.2, 0.25) is 11.8 Å². The first kappa shape index (κ1) is 14.8. The molecule has 1 heterocycles. The third kappa shape index (κ3) is 3.29. The summed E-state index contributed by atoms with van der Waals surface area (Å²) in [7, 11) is 0. The highest BCUT2D eigenvalue weighted by Gasteiger charge is 2.39. The number of rotatable bonds is 6. The Morgan fingerprint density at radius 2 is 1.95 bits per heavy atom. The molecule has 3 atom stereocenters. The van der Waals surface area contributed by atoms with E-state index < -0.39 is 11.9 Å². The molecule has 2 rings (SSSR count). The fraction of sp³-hybridized carbons (Fsp3) is 0.786. The zero-order valence-corrected chi connectivity index (χ0v) is 12.0. The first-order valence-electron chi connectivity index (χ1n) is 7.18. The number of carboxylic acids is 1. The largest absolute Gasteiger partial charge is 0.481 e. The molecule has 0 aromatic rings. The number of carbonyl (C=O) groups is 3. The predicted octanol–water partition coefficient (Wildman–Crippen LogP) is 0.328. The summed E-state index contributed by atoms with van der Waals surface area (Å²) in [6, 6.07) is 0. The molecule has 0 radical (unpaired) electrons. The average Bonchev–Trinajstić information content (AvgIpc) is 3.04. The lowest BCUT2D eigenvalue weighted by Crippen LogP contribution is -2.53. The predicted molar refractivity (Wildman–Crippen MR) is 71.8 cm³/mol. The van der Waals surface area contributed by atoms with Crippen LogP contribution in [0.1, 0.15) is 26.7 Å². The van der Waals surface area contributed by atoms with Gasteiger partial charge in [0.25, 0.3) is 0 Å². The van der Waals surface area contributed by atoms with E-state index in [1.165, 1.54) is 0 Å². The standard InChI is InChI=1S/C14H22N2O4/c1-8-5-11(8)13(18)15-4-3-12(17)16-6-10(7-16)9(2)14(19)20/h8-11H,3-7H2,1-2H3,(H,15,18)(H,19,20). The summed E-state index contributed by atoms with van der Waals surface area (Å²) in [5.41, 5.74) is 0. The van der Waals surface area contributed by atoms with Crippen LogP contribution in [0.3, 0.4) is 0 Å². The molecule has 112 valence electrons. The number of aliphatic carboxylic acids is 1. The van der Waals surface area contributed by atoms with Crippen LogP contribution in [-0.4, -0.2) is 47.4 Å².